The van der Waals surface area contributed by atoms with Crippen molar-refractivity contribution in [1.82, 2.24) is 4.90 Å². The van der Waals surface area contributed by atoms with Gasteiger partial charge in [-0.05, 0) is 41.0 Å². The van der Waals surface area contributed by atoms with Crippen molar-refractivity contribution in [2.75, 3.05) is 19.7 Å². The van der Waals surface area contributed by atoms with Crippen LogP contribution in [0, 0.1) is 5.92 Å². The Labute approximate surface area is 166 Å². The molecular weight excluding hydrogens is 383 g/mol. The molecule has 4 rings (SSSR count). The Morgan fingerprint density at radius 2 is 1.55 bits per heavy atom. The zero-order valence-electron chi connectivity index (χ0n) is 15.7. The minimum Gasteiger partial charge on any atom is -0.448 e. The maximum atomic E-state index is 12.7. The van der Waals surface area contributed by atoms with Crippen LogP contribution in [0.5, 0.6) is 0 Å². The van der Waals surface area contributed by atoms with E-state index in [0.717, 1.165) is 22.3 Å². The van der Waals surface area contributed by atoms with Crippen LogP contribution in [-0.2, 0) is 4.74 Å². The number of hydrogen-bond acceptors (Lipinski definition) is 3. The first-order valence-corrected chi connectivity index (χ1v) is 9.71. The van der Waals surface area contributed by atoms with Gasteiger partial charge in [-0.1, -0.05) is 48.5 Å². The highest BCUT2D eigenvalue weighted by molar-refractivity contribution is 5.79. The summed E-state index contributed by atoms with van der Waals surface area (Å²) in [5.41, 5.74) is 4.47. The molecule has 1 aliphatic carbocycles. The Kier molecular flexibility index (Phi) is 5.25. The summed E-state index contributed by atoms with van der Waals surface area (Å²) in [6.45, 7) is 0.473. The van der Waals surface area contributed by atoms with E-state index in [1.54, 1.807) is 0 Å². The van der Waals surface area contributed by atoms with E-state index in [-0.39, 0.29) is 38.5 Å². The van der Waals surface area contributed by atoms with Crippen LogP contribution in [0.2, 0.25) is 0 Å². The number of nitrogens with zero attached hydrogens (tertiary/aromatic N) is 1. The highest BCUT2D eigenvalue weighted by Crippen LogP contribution is 2.44. The van der Waals surface area contributed by atoms with Gasteiger partial charge in [0.05, 0.1) is 0 Å². The van der Waals surface area contributed by atoms with Gasteiger partial charge in [-0.2, -0.15) is 13.2 Å². The third-order valence-electron chi connectivity index (χ3n) is 5.92. The summed E-state index contributed by atoms with van der Waals surface area (Å²) in [5, 5.41) is 9.41. The second kappa shape index (κ2) is 7.71. The van der Waals surface area contributed by atoms with Gasteiger partial charge in [0.25, 0.3) is 0 Å². The Balaban J connectivity index is 1.38. The molecule has 2 aromatic carbocycles. The van der Waals surface area contributed by atoms with Crippen LogP contribution in [0.15, 0.2) is 48.5 Å². The first kappa shape index (κ1) is 19.8. The number of fused-ring (bicyclic) bond motifs is 3. The van der Waals surface area contributed by atoms with Gasteiger partial charge in [0.2, 0.25) is 0 Å². The number of ether oxygens (including phenoxy) is 1. The van der Waals surface area contributed by atoms with E-state index in [4.69, 9.17) is 4.74 Å². The normalized spacial score (nSPS) is 18.3. The molecule has 0 bridgehead atoms. The van der Waals surface area contributed by atoms with Crippen molar-refractivity contribution in [2.45, 2.75) is 31.0 Å². The molecular formula is C22H22F3NO3. The van der Waals surface area contributed by atoms with Crippen molar-refractivity contribution in [3.63, 3.8) is 0 Å². The molecule has 0 saturated carbocycles. The van der Waals surface area contributed by atoms with Gasteiger partial charge in [-0.25, -0.2) is 4.79 Å². The quantitative estimate of drug-likeness (QED) is 0.814. The van der Waals surface area contributed by atoms with E-state index in [1.807, 2.05) is 48.5 Å². The largest absolute Gasteiger partial charge is 0.448 e. The average molecular weight is 405 g/mol. The fourth-order valence-electron chi connectivity index (χ4n) is 4.35. The van der Waals surface area contributed by atoms with Gasteiger partial charge >= 0.3 is 12.3 Å². The molecule has 1 amide bonds. The fraction of sp³-hybridized carbons (Fsp3) is 0.409. The van der Waals surface area contributed by atoms with Gasteiger partial charge < -0.3 is 14.7 Å². The van der Waals surface area contributed by atoms with Gasteiger partial charge in [0.15, 0.2) is 6.10 Å². The molecule has 1 N–H and O–H groups in total. The van der Waals surface area contributed by atoms with E-state index in [1.165, 1.54) is 4.90 Å². The van der Waals surface area contributed by atoms with Gasteiger partial charge in [-0.15, -0.1) is 0 Å². The Morgan fingerprint density at radius 1 is 1.03 bits per heavy atom. The van der Waals surface area contributed by atoms with Crippen LogP contribution in [0.25, 0.3) is 11.1 Å². The summed E-state index contributed by atoms with van der Waals surface area (Å²) in [7, 11) is 0. The molecule has 0 spiro atoms. The highest BCUT2D eigenvalue weighted by atomic mass is 19.4. The molecule has 2 aliphatic rings. The predicted octanol–water partition coefficient (Wildman–Crippen LogP) is 4.57. The molecule has 29 heavy (non-hydrogen) atoms. The maximum absolute atomic E-state index is 12.7. The number of halogens is 3. The summed E-state index contributed by atoms with van der Waals surface area (Å²) in [6.07, 6.45) is -7.29. The number of alkyl halides is 3. The molecule has 2 aromatic rings. The molecule has 1 aliphatic heterocycles. The van der Waals surface area contributed by atoms with Gasteiger partial charge in [-0.3, -0.25) is 0 Å². The third-order valence-corrected chi connectivity index (χ3v) is 5.92. The second-order valence-corrected chi connectivity index (χ2v) is 7.61. The third kappa shape index (κ3) is 3.83. The minimum absolute atomic E-state index is 0.0593. The molecule has 1 unspecified atom stereocenters. The smallest absolute Gasteiger partial charge is 0.414 e. The lowest BCUT2D eigenvalue weighted by molar-refractivity contribution is -0.222. The number of hydrogen-bond donors (Lipinski definition) is 1. The van der Waals surface area contributed by atoms with Crippen LogP contribution in [0.1, 0.15) is 29.9 Å². The summed E-state index contributed by atoms with van der Waals surface area (Å²) in [4.78, 5) is 13.9. The zero-order chi connectivity index (χ0) is 20.6. The second-order valence-electron chi connectivity index (χ2n) is 7.61. The summed E-state index contributed by atoms with van der Waals surface area (Å²) in [6, 6.07) is 16.0. The van der Waals surface area contributed by atoms with Crippen molar-refractivity contribution in [2.24, 2.45) is 5.92 Å². The van der Waals surface area contributed by atoms with Crippen molar-refractivity contribution in [3.05, 3.63) is 59.7 Å². The first-order chi connectivity index (χ1) is 13.9. The van der Waals surface area contributed by atoms with Crippen molar-refractivity contribution >= 4 is 6.09 Å². The number of benzene rings is 2. The van der Waals surface area contributed by atoms with Crippen molar-refractivity contribution in [3.8, 4) is 11.1 Å². The molecule has 1 atom stereocenters. The van der Waals surface area contributed by atoms with Crippen LogP contribution in [0.3, 0.4) is 0 Å². The summed E-state index contributed by atoms with van der Waals surface area (Å²) < 4.78 is 43.6. The Bertz CT molecular complexity index is 845. The number of aliphatic hydroxyl groups is 1. The molecule has 0 aromatic heterocycles. The minimum atomic E-state index is -4.63. The Morgan fingerprint density at radius 3 is 2.07 bits per heavy atom. The van der Waals surface area contributed by atoms with Crippen LogP contribution >= 0.6 is 0 Å². The van der Waals surface area contributed by atoms with Crippen LogP contribution in [0.4, 0.5) is 18.0 Å². The van der Waals surface area contributed by atoms with Crippen LogP contribution < -0.4 is 0 Å². The van der Waals surface area contributed by atoms with Crippen LogP contribution in [-0.4, -0.2) is 48.1 Å². The molecule has 0 radical (unpaired) electrons. The molecule has 1 saturated heterocycles. The lowest BCUT2D eigenvalue weighted by Gasteiger charge is -2.34. The Hall–Kier alpha value is -2.54. The van der Waals surface area contributed by atoms with Crippen molar-refractivity contribution in [1.29, 1.82) is 0 Å². The lowest BCUT2D eigenvalue weighted by atomic mass is 9.91. The van der Waals surface area contributed by atoms with E-state index in [9.17, 15) is 23.1 Å². The van der Waals surface area contributed by atoms with Gasteiger partial charge in [0, 0.05) is 19.0 Å². The zero-order valence-corrected chi connectivity index (χ0v) is 15.7. The molecule has 154 valence electrons. The van der Waals surface area contributed by atoms with E-state index < -0.39 is 24.3 Å². The van der Waals surface area contributed by atoms with Gasteiger partial charge in [0.1, 0.15) is 6.61 Å². The number of aliphatic hydroxyl groups excluding tert-OH is 1. The molecule has 1 fully saturated rings. The maximum Gasteiger partial charge on any atom is 0.414 e. The first-order valence-electron chi connectivity index (χ1n) is 9.71. The average Bonchev–Trinajstić information content (AvgIpc) is 3.05. The number of carbonyl (C=O) groups excluding carboxylic acids is 1. The summed E-state index contributed by atoms with van der Waals surface area (Å²) in [5.74, 6) is -0.941. The molecule has 7 heteroatoms. The number of amides is 1. The number of rotatable bonds is 3. The van der Waals surface area contributed by atoms with E-state index >= 15 is 0 Å². The molecule has 4 nitrogen and oxygen atoms in total. The predicted molar refractivity (Wildman–Crippen MR) is 101 cm³/mol. The topological polar surface area (TPSA) is 49.8 Å². The number of likely N-dealkylation sites (tertiary alicyclic amines) is 1. The van der Waals surface area contributed by atoms with E-state index in [2.05, 4.69) is 0 Å². The number of carbonyl (C=O) groups is 1. The molecule has 1 heterocycles. The fourth-order valence-corrected chi connectivity index (χ4v) is 4.35. The SMILES string of the molecule is O=C(OCC1c2ccccc2-c2ccccc21)N1CCC(C(O)C(F)(F)F)CC1. The van der Waals surface area contributed by atoms with E-state index in [0.29, 0.717) is 0 Å². The number of piperidine rings is 1. The van der Waals surface area contributed by atoms with Crippen molar-refractivity contribution < 1.29 is 27.8 Å². The standard InChI is InChI=1S/C22H22F3NO3/c23-22(24,25)20(27)14-9-11-26(12-10-14)21(28)29-13-19-17-7-3-1-5-15(17)16-6-2-4-8-18(16)19/h1-8,14,19-20,27H,9-13H2. The monoisotopic (exact) mass is 405 g/mol. The lowest BCUT2D eigenvalue weighted by Crippen LogP contribution is -2.45. The summed E-state index contributed by atoms with van der Waals surface area (Å²) >= 11 is 0. The highest BCUT2D eigenvalue weighted by Gasteiger charge is 2.44.